The Labute approximate surface area is 127 Å². The highest BCUT2D eigenvalue weighted by atomic mass is 16.5. The van der Waals surface area contributed by atoms with E-state index in [1.165, 1.54) is 4.90 Å². The number of carboxylic acid groups (broad SMARTS) is 1. The van der Waals surface area contributed by atoms with Crippen molar-refractivity contribution < 1.29 is 24.2 Å². The fraction of sp³-hybridized carbons (Fsp3) is 0.400. The summed E-state index contributed by atoms with van der Waals surface area (Å²) in [5.41, 5.74) is 1.66. The van der Waals surface area contributed by atoms with Crippen LogP contribution in [0.2, 0.25) is 0 Å². The Morgan fingerprint density at radius 2 is 2.14 bits per heavy atom. The van der Waals surface area contributed by atoms with Gasteiger partial charge in [-0.1, -0.05) is 6.07 Å². The van der Waals surface area contributed by atoms with Gasteiger partial charge in [-0.25, -0.2) is 0 Å². The van der Waals surface area contributed by atoms with Crippen molar-refractivity contribution >= 4 is 23.5 Å². The molecule has 1 aliphatic heterocycles. The van der Waals surface area contributed by atoms with Gasteiger partial charge in [0.25, 0.3) is 5.91 Å². The zero-order valence-corrected chi connectivity index (χ0v) is 12.3. The summed E-state index contributed by atoms with van der Waals surface area (Å²) >= 11 is 0. The van der Waals surface area contributed by atoms with E-state index in [0.29, 0.717) is 11.4 Å². The number of aliphatic carboxylic acids is 1. The summed E-state index contributed by atoms with van der Waals surface area (Å²) in [5.74, 6) is -0.823. The molecular formula is C15H18N2O5. The van der Waals surface area contributed by atoms with E-state index in [1.807, 2.05) is 19.1 Å². The van der Waals surface area contributed by atoms with Gasteiger partial charge in [0.2, 0.25) is 5.91 Å². The van der Waals surface area contributed by atoms with Gasteiger partial charge < -0.3 is 20.1 Å². The number of carboxylic acids is 1. The number of fused-ring (bicyclic) bond motifs is 1. The Hall–Kier alpha value is -2.57. The summed E-state index contributed by atoms with van der Waals surface area (Å²) in [6, 6.07) is 5.54. The van der Waals surface area contributed by atoms with Crippen molar-refractivity contribution in [2.75, 3.05) is 24.6 Å². The van der Waals surface area contributed by atoms with Crippen LogP contribution in [0.15, 0.2) is 18.2 Å². The molecule has 0 spiro atoms. The summed E-state index contributed by atoms with van der Waals surface area (Å²) in [6.45, 7) is 2.19. The molecule has 2 N–H and O–H groups in total. The molecule has 22 heavy (non-hydrogen) atoms. The number of anilines is 1. The van der Waals surface area contributed by atoms with E-state index in [4.69, 9.17) is 9.84 Å². The fourth-order valence-electron chi connectivity index (χ4n) is 2.17. The zero-order valence-electron chi connectivity index (χ0n) is 12.3. The van der Waals surface area contributed by atoms with Crippen LogP contribution in [0.5, 0.6) is 5.75 Å². The van der Waals surface area contributed by atoms with Crippen LogP contribution < -0.4 is 15.0 Å². The molecule has 2 rings (SSSR count). The molecule has 2 amide bonds. The predicted octanol–water partition coefficient (Wildman–Crippen LogP) is 0.701. The molecule has 118 valence electrons. The number of hydrogen-bond acceptors (Lipinski definition) is 4. The van der Waals surface area contributed by atoms with Gasteiger partial charge in [-0.3, -0.25) is 14.4 Å². The van der Waals surface area contributed by atoms with Crippen LogP contribution in [0.3, 0.4) is 0 Å². The first-order chi connectivity index (χ1) is 10.5. The Bertz CT molecular complexity index is 600. The lowest BCUT2D eigenvalue weighted by Gasteiger charge is -2.29. The standard InChI is InChI=1S/C15H18N2O5/c1-10-2-3-12-11(8-10)17(14(19)9-22-12)7-5-13(18)16-6-4-15(20)21/h2-3,8H,4-7,9H2,1H3,(H,16,18)(H,20,21). The average molecular weight is 306 g/mol. The molecule has 0 atom stereocenters. The highest BCUT2D eigenvalue weighted by molar-refractivity contribution is 5.98. The van der Waals surface area contributed by atoms with E-state index in [0.717, 1.165) is 5.56 Å². The molecule has 0 unspecified atom stereocenters. The molecule has 7 heteroatoms. The van der Waals surface area contributed by atoms with Gasteiger partial charge in [0.15, 0.2) is 6.61 Å². The number of carbonyl (C=O) groups is 3. The maximum atomic E-state index is 12.0. The van der Waals surface area contributed by atoms with E-state index in [2.05, 4.69) is 5.32 Å². The minimum Gasteiger partial charge on any atom is -0.482 e. The number of carbonyl (C=O) groups excluding carboxylic acids is 2. The van der Waals surface area contributed by atoms with E-state index in [9.17, 15) is 14.4 Å². The average Bonchev–Trinajstić information content (AvgIpc) is 2.45. The van der Waals surface area contributed by atoms with Crippen molar-refractivity contribution in [1.29, 1.82) is 0 Å². The predicted molar refractivity (Wildman–Crippen MR) is 78.9 cm³/mol. The van der Waals surface area contributed by atoms with Gasteiger partial charge in [0.05, 0.1) is 12.1 Å². The fourth-order valence-corrected chi connectivity index (χ4v) is 2.17. The van der Waals surface area contributed by atoms with Crippen LogP contribution in [-0.2, 0) is 14.4 Å². The largest absolute Gasteiger partial charge is 0.482 e. The second-order valence-corrected chi connectivity index (χ2v) is 5.05. The van der Waals surface area contributed by atoms with Crippen molar-refractivity contribution in [3.05, 3.63) is 23.8 Å². The van der Waals surface area contributed by atoms with Gasteiger partial charge in [0.1, 0.15) is 5.75 Å². The third kappa shape index (κ3) is 3.97. The number of aryl methyl sites for hydroxylation is 1. The third-order valence-electron chi connectivity index (χ3n) is 3.28. The van der Waals surface area contributed by atoms with E-state index < -0.39 is 5.97 Å². The first kappa shape index (κ1) is 15.8. The topological polar surface area (TPSA) is 95.9 Å². The minimum atomic E-state index is -0.965. The summed E-state index contributed by atoms with van der Waals surface area (Å²) in [4.78, 5) is 35.6. The lowest BCUT2D eigenvalue weighted by molar-refractivity contribution is -0.137. The lowest BCUT2D eigenvalue weighted by atomic mass is 10.1. The van der Waals surface area contributed by atoms with Crippen molar-refractivity contribution in [3.63, 3.8) is 0 Å². The summed E-state index contributed by atoms with van der Waals surface area (Å²) in [5, 5.41) is 11.0. The van der Waals surface area contributed by atoms with Crippen molar-refractivity contribution in [1.82, 2.24) is 5.32 Å². The first-order valence-corrected chi connectivity index (χ1v) is 6.99. The molecular weight excluding hydrogens is 288 g/mol. The van der Waals surface area contributed by atoms with Crippen molar-refractivity contribution in [2.45, 2.75) is 19.8 Å². The van der Waals surface area contributed by atoms with E-state index >= 15 is 0 Å². The number of rotatable bonds is 6. The third-order valence-corrected chi connectivity index (χ3v) is 3.28. The normalized spacial score (nSPS) is 13.3. The number of benzene rings is 1. The molecule has 0 saturated heterocycles. The smallest absolute Gasteiger partial charge is 0.305 e. The van der Waals surface area contributed by atoms with Crippen LogP contribution >= 0.6 is 0 Å². The summed E-state index contributed by atoms with van der Waals surface area (Å²) in [6.07, 6.45) is -0.0109. The second-order valence-electron chi connectivity index (χ2n) is 5.05. The Kier molecular flexibility index (Phi) is 4.98. The second kappa shape index (κ2) is 6.93. The lowest BCUT2D eigenvalue weighted by Crippen LogP contribution is -2.41. The maximum Gasteiger partial charge on any atom is 0.305 e. The van der Waals surface area contributed by atoms with Crippen LogP contribution in [0.25, 0.3) is 0 Å². The highest BCUT2D eigenvalue weighted by Gasteiger charge is 2.25. The number of hydrogen-bond donors (Lipinski definition) is 2. The van der Waals surface area contributed by atoms with Gasteiger partial charge >= 0.3 is 5.97 Å². The molecule has 0 bridgehead atoms. The maximum absolute atomic E-state index is 12.0. The summed E-state index contributed by atoms with van der Waals surface area (Å²) < 4.78 is 5.36. The van der Waals surface area contributed by atoms with Gasteiger partial charge in [-0.2, -0.15) is 0 Å². The molecule has 0 aliphatic carbocycles. The Balaban J connectivity index is 1.95. The van der Waals surface area contributed by atoms with E-state index in [1.54, 1.807) is 6.07 Å². The molecule has 0 radical (unpaired) electrons. The Morgan fingerprint density at radius 3 is 2.86 bits per heavy atom. The molecule has 0 fully saturated rings. The van der Waals surface area contributed by atoms with Crippen molar-refractivity contribution in [2.24, 2.45) is 0 Å². The Morgan fingerprint density at radius 1 is 1.36 bits per heavy atom. The first-order valence-electron chi connectivity index (χ1n) is 6.99. The monoisotopic (exact) mass is 306 g/mol. The number of amides is 2. The number of nitrogens with zero attached hydrogens (tertiary/aromatic N) is 1. The molecule has 0 saturated carbocycles. The van der Waals surface area contributed by atoms with Gasteiger partial charge in [-0.05, 0) is 24.6 Å². The van der Waals surface area contributed by atoms with Crippen LogP contribution in [-0.4, -0.2) is 42.6 Å². The zero-order chi connectivity index (χ0) is 16.1. The molecule has 7 nitrogen and oxygen atoms in total. The minimum absolute atomic E-state index is 0.0449. The highest BCUT2D eigenvalue weighted by Crippen LogP contribution is 2.32. The number of nitrogens with one attached hydrogen (secondary N) is 1. The quantitative estimate of drug-likeness (QED) is 0.806. The van der Waals surface area contributed by atoms with Crippen LogP contribution in [0.4, 0.5) is 5.69 Å². The van der Waals surface area contributed by atoms with Crippen LogP contribution in [0, 0.1) is 6.92 Å². The summed E-state index contributed by atoms with van der Waals surface area (Å²) in [7, 11) is 0. The SMILES string of the molecule is Cc1ccc2c(c1)N(CCC(=O)NCCC(=O)O)C(=O)CO2. The van der Waals surface area contributed by atoms with Gasteiger partial charge in [0, 0.05) is 19.5 Å². The molecule has 1 heterocycles. The molecule has 0 aromatic heterocycles. The van der Waals surface area contributed by atoms with Crippen LogP contribution in [0.1, 0.15) is 18.4 Å². The molecule has 1 aromatic carbocycles. The van der Waals surface area contributed by atoms with Gasteiger partial charge in [-0.15, -0.1) is 0 Å². The van der Waals surface area contributed by atoms with E-state index in [-0.39, 0.29) is 44.4 Å². The molecule has 1 aliphatic rings. The van der Waals surface area contributed by atoms with Crippen molar-refractivity contribution in [3.8, 4) is 5.75 Å². The molecule has 1 aromatic rings. The number of ether oxygens (including phenoxy) is 1.